The minimum Gasteiger partial charge on any atom is -0.444 e. The average molecular weight is 256 g/mol. The van der Waals surface area contributed by atoms with E-state index >= 15 is 0 Å². The van der Waals surface area contributed by atoms with Gasteiger partial charge in [-0.1, -0.05) is 0 Å². The van der Waals surface area contributed by atoms with Crippen LogP contribution in [0.4, 0.5) is 15.0 Å². The summed E-state index contributed by atoms with van der Waals surface area (Å²) in [7, 11) is 1.43. The van der Waals surface area contributed by atoms with Crippen molar-refractivity contribution >= 4 is 11.9 Å². The first kappa shape index (κ1) is 14.4. The molecule has 1 aromatic rings. The highest BCUT2D eigenvalue weighted by Gasteiger charge is 2.18. The fraction of sp³-hybridized carbons (Fsp3) is 0.500. The molecule has 5 nitrogen and oxygen atoms in total. The number of pyridine rings is 1. The van der Waals surface area contributed by atoms with E-state index in [1.165, 1.54) is 19.4 Å². The predicted octanol–water partition coefficient (Wildman–Crippen LogP) is 2.71. The number of amides is 1. The van der Waals surface area contributed by atoms with Crippen molar-refractivity contribution < 1.29 is 18.7 Å². The zero-order valence-corrected chi connectivity index (χ0v) is 10.9. The molecule has 0 aliphatic carbocycles. The molecule has 1 N–H and O–H groups in total. The third-order valence-corrected chi connectivity index (χ3v) is 1.91. The fourth-order valence-electron chi connectivity index (χ4n) is 1.26. The van der Waals surface area contributed by atoms with Gasteiger partial charge < -0.3 is 9.47 Å². The van der Waals surface area contributed by atoms with Crippen LogP contribution in [-0.2, 0) is 16.1 Å². The molecule has 1 amide bonds. The van der Waals surface area contributed by atoms with Gasteiger partial charge >= 0.3 is 6.09 Å². The topological polar surface area (TPSA) is 60.5 Å². The van der Waals surface area contributed by atoms with Crippen LogP contribution in [0.1, 0.15) is 26.3 Å². The Morgan fingerprint density at radius 1 is 1.50 bits per heavy atom. The van der Waals surface area contributed by atoms with Crippen molar-refractivity contribution in [1.29, 1.82) is 0 Å². The van der Waals surface area contributed by atoms with Gasteiger partial charge in [-0.05, 0) is 26.8 Å². The third-order valence-electron chi connectivity index (χ3n) is 1.91. The van der Waals surface area contributed by atoms with E-state index in [4.69, 9.17) is 9.47 Å². The number of aromatic nitrogens is 1. The van der Waals surface area contributed by atoms with E-state index in [-0.39, 0.29) is 18.0 Å². The average Bonchev–Trinajstić information content (AvgIpc) is 2.20. The Bertz CT molecular complexity index is 430. The van der Waals surface area contributed by atoms with Crippen LogP contribution in [0.25, 0.3) is 0 Å². The molecule has 0 aromatic carbocycles. The highest BCUT2D eigenvalue weighted by atomic mass is 19.1. The zero-order valence-electron chi connectivity index (χ0n) is 10.9. The molecule has 1 aromatic heterocycles. The van der Waals surface area contributed by atoms with Crippen molar-refractivity contribution in [3.8, 4) is 0 Å². The molecule has 0 spiro atoms. The second kappa shape index (κ2) is 5.77. The molecule has 1 heterocycles. The summed E-state index contributed by atoms with van der Waals surface area (Å²) in [5, 5.41) is 2.40. The highest BCUT2D eigenvalue weighted by Crippen LogP contribution is 2.18. The lowest BCUT2D eigenvalue weighted by molar-refractivity contribution is 0.0634. The van der Waals surface area contributed by atoms with Gasteiger partial charge in [0.1, 0.15) is 17.2 Å². The second-order valence-electron chi connectivity index (χ2n) is 4.68. The first-order chi connectivity index (χ1) is 8.33. The van der Waals surface area contributed by atoms with Crippen molar-refractivity contribution in [2.75, 3.05) is 12.4 Å². The molecule has 18 heavy (non-hydrogen) atoms. The maximum Gasteiger partial charge on any atom is 0.413 e. The summed E-state index contributed by atoms with van der Waals surface area (Å²) < 4.78 is 23.4. The first-order valence-corrected chi connectivity index (χ1v) is 5.46. The Morgan fingerprint density at radius 3 is 2.72 bits per heavy atom. The smallest absolute Gasteiger partial charge is 0.413 e. The summed E-state index contributed by atoms with van der Waals surface area (Å²) in [6, 6.07) is 1.20. The fourth-order valence-corrected chi connectivity index (χ4v) is 1.26. The number of nitrogens with one attached hydrogen (secondary N) is 1. The number of nitrogens with zero attached hydrogens (tertiary/aromatic N) is 1. The third kappa shape index (κ3) is 4.29. The first-order valence-electron chi connectivity index (χ1n) is 5.46. The molecule has 6 heteroatoms. The van der Waals surface area contributed by atoms with Crippen molar-refractivity contribution in [3.05, 3.63) is 23.6 Å². The molecule has 0 bridgehead atoms. The predicted molar refractivity (Wildman–Crippen MR) is 64.8 cm³/mol. The molecule has 0 aliphatic heterocycles. The summed E-state index contributed by atoms with van der Waals surface area (Å²) in [4.78, 5) is 15.5. The molecular weight excluding hydrogens is 239 g/mol. The van der Waals surface area contributed by atoms with Crippen LogP contribution < -0.4 is 5.32 Å². The number of anilines is 1. The minimum atomic E-state index is -0.682. The van der Waals surface area contributed by atoms with Gasteiger partial charge in [0.2, 0.25) is 0 Å². The number of hydrogen-bond acceptors (Lipinski definition) is 4. The molecule has 0 unspecified atom stereocenters. The van der Waals surface area contributed by atoms with Gasteiger partial charge in [-0.3, -0.25) is 5.32 Å². The second-order valence-corrected chi connectivity index (χ2v) is 4.68. The monoisotopic (exact) mass is 256 g/mol. The van der Waals surface area contributed by atoms with E-state index < -0.39 is 17.5 Å². The maximum absolute atomic E-state index is 13.5. The maximum atomic E-state index is 13.5. The Balaban J connectivity index is 2.84. The number of rotatable bonds is 3. The van der Waals surface area contributed by atoms with Gasteiger partial charge in [-0.2, -0.15) is 0 Å². The van der Waals surface area contributed by atoms with Gasteiger partial charge in [0.05, 0.1) is 12.2 Å². The lowest BCUT2D eigenvalue weighted by atomic mass is 10.2. The number of halogens is 1. The van der Waals surface area contributed by atoms with Gasteiger partial charge in [0, 0.05) is 13.3 Å². The molecular formula is C12H17FN2O3. The standard InChI is InChI=1S/C12H17FN2O3/c1-12(2,3)18-11(16)15-10-8(7-17-4)9(13)5-6-14-10/h5-6H,7H2,1-4H3,(H,14,15,16). The molecule has 0 aliphatic rings. The van der Waals surface area contributed by atoms with Crippen LogP contribution in [0.3, 0.4) is 0 Å². The van der Waals surface area contributed by atoms with E-state index in [0.29, 0.717) is 0 Å². The number of hydrogen-bond donors (Lipinski definition) is 1. The van der Waals surface area contributed by atoms with E-state index in [1.54, 1.807) is 20.8 Å². The summed E-state index contributed by atoms with van der Waals surface area (Å²) in [5.41, 5.74) is -0.440. The number of ether oxygens (including phenoxy) is 2. The van der Waals surface area contributed by atoms with Crippen LogP contribution in [0.5, 0.6) is 0 Å². The Morgan fingerprint density at radius 2 is 2.17 bits per heavy atom. The molecule has 0 radical (unpaired) electrons. The molecule has 0 saturated carbocycles. The largest absolute Gasteiger partial charge is 0.444 e. The van der Waals surface area contributed by atoms with E-state index in [2.05, 4.69) is 10.3 Å². The quantitative estimate of drug-likeness (QED) is 0.903. The van der Waals surface area contributed by atoms with Crippen LogP contribution in [-0.4, -0.2) is 23.8 Å². The lowest BCUT2D eigenvalue weighted by Gasteiger charge is -2.20. The molecule has 100 valence electrons. The van der Waals surface area contributed by atoms with Gasteiger partial charge in [0.15, 0.2) is 0 Å². The van der Waals surface area contributed by atoms with Crippen molar-refractivity contribution in [3.63, 3.8) is 0 Å². The van der Waals surface area contributed by atoms with Gasteiger partial charge in [0.25, 0.3) is 0 Å². The van der Waals surface area contributed by atoms with Crippen LogP contribution in [0, 0.1) is 5.82 Å². The van der Waals surface area contributed by atoms with E-state index in [1.807, 2.05) is 0 Å². The van der Waals surface area contributed by atoms with E-state index in [9.17, 15) is 9.18 Å². The summed E-state index contributed by atoms with van der Waals surface area (Å²) in [5.74, 6) is -0.385. The Labute approximate surface area is 105 Å². The van der Waals surface area contributed by atoms with Crippen LogP contribution >= 0.6 is 0 Å². The van der Waals surface area contributed by atoms with E-state index in [0.717, 1.165) is 0 Å². The SMILES string of the molecule is COCc1c(F)ccnc1NC(=O)OC(C)(C)C. The Hall–Kier alpha value is -1.69. The molecule has 0 saturated heterocycles. The molecule has 0 atom stereocenters. The van der Waals surface area contributed by atoms with Crippen LogP contribution in [0.2, 0.25) is 0 Å². The molecule has 1 rings (SSSR count). The van der Waals surface area contributed by atoms with Crippen molar-refractivity contribution in [1.82, 2.24) is 4.98 Å². The highest BCUT2D eigenvalue weighted by molar-refractivity contribution is 5.84. The van der Waals surface area contributed by atoms with Crippen LogP contribution in [0.15, 0.2) is 12.3 Å². The van der Waals surface area contributed by atoms with Crippen molar-refractivity contribution in [2.45, 2.75) is 33.0 Å². The molecule has 0 fully saturated rings. The van der Waals surface area contributed by atoms with Crippen molar-refractivity contribution in [2.24, 2.45) is 0 Å². The summed E-state index contributed by atoms with van der Waals surface area (Å²) >= 11 is 0. The Kier molecular flexibility index (Phi) is 4.61. The normalized spacial score (nSPS) is 11.2. The number of carbonyl (C=O) groups excluding carboxylic acids is 1. The lowest BCUT2D eigenvalue weighted by Crippen LogP contribution is -2.28. The summed E-state index contributed by atoms with van der Waals surface area (Å²) in [6.07, 6.45) is 0.583. The number of methoxy groups -OCH3 is 1. The van der Waals surface area contributed by atoms with Gasteiger partial charge in [-0.25, -0.2) is 14.2 Å². The minimum absolute atomic E-state index is 0.0187. The van der Waals surface area contributed by atoms with Gasteiger partial charge in [-0.15, -0.1) is 0 Å². The summed E-state index contributed by atoms with van der Waals surface area (Å²) in [6.45, 7) is 5.23. The zero-order chi connectivity index (χ0) is 13.8. The number of carbonyl (C=O) groups is 1.